The minimum absolute atomic E-state index is 0.529. The van der Waals surface area contributed by atoms with Gasteiger partial charge in [0.1, 0.15) is 0 Å². The molecule has 0 aromatic heterocycles. The van der Waals surface area contributed by atoms with Crippen LogP contribution in [0.3, 0.4) is 0 Å². The molecule has 0 aromatic rings. The molecular formula is C15H29N3. The molecule has 0 amide bonds. The van der Waals surface area contributed by atoms with Crippen molar-refractivity contribution in [2.24, 2.45) is 5.92 Å². The van der Waals surface area contributed by atoms with E-state index >= 15 is 0 Å². The first-order chi connectivity index (χ1) is 8.89. The molecule has 0 unspecified atom stereocenters. The number of rotatable bonds is 2. The summed E-state index contributed by atoms with van der Waals surface area (Å²) in [5.41, 5.74) is 0.529. The molecule has 3 aliphatic rings. The predicted octanol–water partition coefficient (Wildman–Crippen LogP) is 1.59. The molecule has 1 spiro atoms. The Bertz CT molecular complexity index is 246. The van der Waals surface area contributed by atoms with E-state index in [9.17, 15) is 0 Å². The number of hydrogen-bond donors (Lipinski definition) is 2. The third kappa shape index (κ3) is 2.73. The fourth-order valence-corrected chi connectivity index (χ4v) is 4.25. The third-order valence-electron chi connectivity index (χ3n) is 5.40. The Morgan fingerprint density at radius 3 is 2.50 bits per heavy atom. The lowest BCUT2D eigenvalue weighted by molar-refractivity contribution is 0.0119. The molecule has 1 saturated carbocycles. The summed E-state index contributed by atoms with van der Waals surface area (Å²) in [6.45, 7) is 7.57. The molecular weight excluding hydrogens is 222 g/mol. The van der Waals surface area contributed by atoms with Gasteiger partial charge < -0.3 is 10.6 Å². The Morgan fingerprint density at radius 2 is 1.72 bits per heavy atom. The summed E-state index contributed by atoms with van der Waals surface area (Å²) < 4.78 is 0. The minimum Gasteiger partial charge on any atom is -0.317 e. The van der Waals surface area contributed by atoms with Crippen molar-refractivity contribution < 1.29 is 0 Å². The van der Waals surface area contributed by atoms with Crippen molar-refractivity contribution in [2.75, 3.05) is 39.3 Å². The van der Waals surface area contributed by atoms with Gasteiger partial charge in [0.2, 0.25) is 0 Å². The van der Waals surface area contributed by atoms with E-state index in [2.05, 4.69) is 15.5 Å². The van der Waals surface area contributed by atoms with Crippen LogP contribution < -0.4 is 10.6 Å². The second-order valence-electron chi connectivity index (χ2n) is 6.60. The Balaban J connectivity index is 1.63. The standard InChI is InChI=1S/C15H29N3/c1-2-6-15(7-3-1)13-17-10-11-18(15)12-14-4-8-16-9-5-14/h14,16-17H,1-13H2. The first kappa shape index (κ1) is 12.9. The topological polar surface area (TPSA) is 27.3 Å². The summed E-state index contributed by atoms with van der Waals surface area (Å²) in [4.78, 5) is 2.87. The molecule has 0 radical (unpaired) electrons. The Labute approximate surface area is 112 Å². The fraction of sp³-hybridized carbons (Fsp3) is 1.00. The maximum absolute atomic E-state index is 3.66. The van der Waals surface area contributed by atoms with E-state index in [1.54, 1.807) is 0 Å². The highest BCUT2D eigenvalue weighted by atomic mass is 15.3. The summed E-state index contributed by atoms with van der Waals surface area (Å²) >= 11 is 0. The SMILES string of the molecule is C1CCC2(CC1)CNCCN2CC1CCNCC1. The highest BCUT2D eigenvalue weighted by molar-refractivity contribution is 4.98. The zero-order valence-corrected chi connectivity index (χ0v) is 11.7. The van der Waals surface area contributed by atoms with Crippen molar-refractivity contribution in [3.8, 4) is 0 Å². The zero-order chi connectivity index (χ0) is 12.3. The Kier molecular flexibility index (Phi) is 4.22. The van der Waals surface area contributed by atoms with Crippen LogP contribution in [-0.2, 0) is 0 Å². The van der Waals surface area contributed by atoms with Gasteiger partial charge in [-0.05, 0) is 44.7 Å². The Hall–Kier alpha value is -0.120. The van der Waals surface area contributed by atoms with Gasteiger partial charge in [-0.3, -0.25) is 4.90 Å². The van der Waals surface area contributed by atoms with Crippen molar-refractivity contribution >= 4 is 0 Å². The van der Waals surface area contributed by atoms with Gasteiger partial charge in [0.05, 0.1) is 0 Å². The zero-order valence-electron chi connectivity index (χ0n) is 11.7. The second-order valence-corrected chi connectivity index (χ2v) is 6.60. The summed E-state index contributed by atoms with van der Waals surface area (Å²) in [5, 5.41) is 7.15. The third-order valence-corrected chi connectivity index (χ3v) is 5.40. The second kappa shape index (κ2) is 5.89. The highest BCUT2D eigenvalue weighted by Gasteiger charge is 2.40. The summed E-state index contributed by atoms with van der Waals surface area (Å²) in [5.74, 6) is 0.947. The van der Waals surface area contributed by atoms with E-state index < -0.39 is 0 Å². The molecule has 1 aliphatic carbocycles. The van der Waals surface area contributed by atoms with E-state index in [1.165, 1.54) is 84.2 Å². The number of nitrogens with one attached hydrogen (secondary N) is 2. The maximum atomic E-state index is 3.66. The largest absolute Gasteiger partial charge is 0.317 e. The van der Waals surface area contributed by atoms with Gasteiger partial charge in [-0.2, -0.15) is 0 Å². The lowest BCUT2D eigenvalue weighted by Gasteiger charge is -2.51. The predicted molar refractivity (Wildman–Crippen MR) is 75.9 cm³/mol. The van der Waals surface area contributed by atoms with E-state index in [0.717, 1.165) is 5.92 Å². The lowest BCUT2D eigenvalue weighted by Crippen LogP contribution is -2.63. The molecule has 104 valence electrons. The number of piperazine rings is 1. The van der Waals surface area contributed by atoms with Gasteiger partial charge >= 0.3 is 0 Å². The number of piperidine rings is 1. The molecule has 0 aromatic carbocycles. The van der Waals surface area contributed by atoms with Gasteiger partial charge in [0.25, 0.3) is 0 Å². The van der Waals surface area contributed by atoms with Gasteiger partial charge in [0.15, 0.2) is 0 Å². The van der Waals surface area contributed by atoms with Gasteiger partial charge in [-0.15, -0.1) is 0 Å². The first-order valence-corrected chi connectivity index (χ1v) is 8.06. The van der Waals surface area contributed by atoms with Crippen molar-refractivity contribution in [1.82, 2.24) is 15.5 Å². The molecule has 0 atom stereocenters. The van der Waals surface area contributed by atoms with Crippen molar-refractivity contribution in [3.63, 3.8) is 0 Å². The normalized spacial score (nSPS) is 30.7. The van der Waals surface area contributed by atoms with E-state index in [0.29, 0.717) is 5.54 Å². The average Bonchev–Trinajstić information content (AvgIpc) is 2.44. The maximum Gasteiger partial charge on any atom is 0.0334 e. The Morgan fingerprint density at radius 1 is 0.944 bits per heavy atom. The van der Waals surface area contributed by atoms with Crippen molar-refractivity contribution in [3.05, 3.63) is 0 Å². The van der Waals surface area contributed by atoms with Gasteiger partial charge in [-0.1, -0.05) is 19.3 Å². The summed E-state index contributed by atoms with van der Waals surface area (Å²) in [6.07, 6.45) is 10.0. The van der Waals surface area contributed by atoms with Crippen molar-refractivity contribution in [1.29, 1.82) is 0 Å². The van der Waals surface area contributed by atoms with Crippen LogP contribution in [0, 0.1) is 5.92 Å². The molecule has 0 bridgehead atoms. The van der Waals surface area contributed by atoms with Crippen molar-refractivity contribution in [2.45, 2.75) is 50.5 Å². The first-order valence-electron chi connectivity index (χ1n) is 8.06. The summed E-state index contributed by atoms with van der Waals surface area (Å²) in [6, 6.07) is 0. The monoisotopic (exact) mass is 251 g/mol. The molecule has 3 rings (SSSR count). The van der Waals surface area contributed by atoms with Crippen LogP contribution in [0.5, 0.6) is 0 Å². The van der Waals surface area contributed by atoms with E-state index in [-0.39, 0.29) is 0 Å². The molecule has 2 saturated heterocycles. The smallest absolute Gasteiger partial charge is 0.0334 e. The van der Waals surface area contributed by atoms with E-state index in [4.69, 9.17) is 0 Å². The molecule has 2 heterocycles. The quantitative estimate of drug-likeness (QED) is 0.780. The van der Waals surface area contributed by atoms with Gasteiger partial charge in [0, 0.05) is 31.7 Å². The minimum atomic E-state index is 0.529. The lowest BCUT2D eigenvalue weighted by atomic mass is 9.78. The fourth-order valence-electron chi connectivity index (χ4n) is 4.25. The van der Waals surface area contributed by atoms with Gasteiger partial charge in [-0.25, -0.2) is 0 Å². The van der Waals surface area contributed by atoms with Crippen LogP contribution in [0.15, 0.2) is 0 Å². The average molecular weight is 251 g/mol. The highest BCUT2D eigenvalue weighted by Crippen LogP contribution is 2.35. The van der Waals surface area contributed by atoms with Crippen LogP contribution in [-0.4, -0.2) is 49.7 Å². The molecule has 3 fully saturated rings. The molecule has 3 nitrogen and oxygen atoms in total. The van der Waals surface area contributed by atoms with Crippen LogP contribution in [0.4, 0.5) is 0 Å². The van der Waals surface area contributed by atoms with Crippen LogP contribution in [0.1, 0.15) is 44.9 Å². The molecule has 2 aliphatic heterocycles. The molecule has 2 N–H and O–H groups in total. The van der Waals surface area contributed by atoms with Crippen LogP contribution >= 0.6 is 0 Å². The van der Waals surface area contributed by atoms with Crippen LogP contribution in [0.2, 0.25) is 0 Å². The number of hydrogen-bond acceptors (Lipinski definition) is 3. The molecule has 18 heavy (non-hydrogen) atoms. The summed E-state index contributed by atoms with van der Waals surface area (Å²) in [7, 11) is 0. The number of nitrogens with zero attached hydrogens (tertiary/aromatic N) is 1. The van der Waals surface area contributed by atoms with E-state index in [1.807, 2.05) is 0 Å². The molecule has 3 heteroatoms. The van der Waals surface area contributed by atoms with Crippen LogP contribution in [0.25, 0.3) is 0 Å².